The monoisotopic (exact) mass is 425 g/mol. The lowest BCUT2D eigenvalue weighted by atomic mass is 10.1. The topological polar surface area (TPSA) is 81.0 Å². The molecule has 0 aliphatic carbocycles. The summed E-state index contributed by atoms with van der Waals surface area (Å²) in [5, 5.41) is 8.70. The number of halogens is 1. The number of fused-ring (bicyclic) bond motifs is 1. The number of rotatable bonds is 7. The Labute approximate surface area is 176 Å². The normalized spacial score (nSPS) is 13.3. The lowest BCUT2D eigenvalue weighted by Crippen LogP contribution is -2.14. The summed E-state index contributed by atoms with van der Waals surface area (Å²) in [6.45, 7) is 5.38. The molecule has 0 aliphatic heterocycles. The number of ketones is 1. The van der Waals surface area contributed by atoms with E-state index >= 15 is 0 Å². The number of Topliss-reactive ketones (excluding diaryl/α,β-unsaturated/α-hetero) is 1. The molecule has 4 aromatic rings. The van der Waals surface area contributed by atoms with Gasteiger partial charge in [0.05, 0.1) is 5.25 Å². The Morgan fingerprint density at radius 1 is 1.13 bits per heavy atom. The standard InChI is InChI=1S/C22H20FN3O3S/c1-12-19(15-8-4-6-10-17(15)24-12)20(27)14(3)30-22-26-25-21(29-22)13(2)28-18-11-7-5-9-16(18)23/h4-11,13-14,24H,1-3H3/t13-,14-/m1/s1. The van der Waals surface area contributed by atoms with Gasteiger partial charge in [-0.2, -0.15) is 0 Å². The van der Waals surface area contributed by atoms with Crippen LogP contribution in [0.15, 0.2) is 58.2 Å². The summed E-state index contributed by atoms with van der Waals surface area (Å²) in [5.41, 5.74) is 2.42. The first-order chi connectivity index (χ1) is 14.4. The van der Waals surface area contributed by atoms with Crippen LogP contribution in [0.4, 0.5) is 4.39 Å². The van der Waals surface area contributed by atoms with E-state index in [0.29, 0.717) is 5.56 Å². The zero-order chi connectivity index (χ0) is 21.3. The Bertz CT molecular complexity index is 1200. The number of nitrogens with zero attached hydrogens (tertiary/aromatic N) is 2. The maximum atomic E-state index is 13.8. The average molecular weight is 425 g/mol. The number of benzene rings is 2. The molecule has 6 nitrogen and oxygen atoms in total. The SMILES string of the molecule is Cc1[nH]c2ccccc2c1C(=O)[C@@H](C)Sc1nnc([C@@H](C)Oc2ccccc2F)o1. The van der Waals surface area contributed by atoms with Crippen molar-refractivity contribution < 1.29 is 18.3 Å². The summed E-state index contributed by atoms with van der Waals surface area (Å²) >= 11 is 1.18. The minimum atomic E-state index is -0.634. The number of hydrogen-bond acceptors (Lipinski definition) is 6. The van der Waals surface area contributed by atoms with E-state index in [4.69, 9.17) is 9.15 Å². The number of para-hydroxylation sites is 2. The number of carbonyl (C=O) groups is 1. The number of aromatic nitrogens is 3. The minimum Gasteiger partial charge on any atom is -0.478 e. The molecule has 0 saturated carbocycles. The Hall–Kier alpha value is -3.13. The predicted molar refractivity (Wildman–Crippen MR) is 112 cm³/mol. The molecular weight excluding hydrogens is 405 g/mol. The van der Waals surface area contributed by atoms with E-state index in [0.717, 1.165) is 16.6 Å². The van der Waals surface area contributed by atoms with Crippen LogP contribution in [0.1, 0.15) is 41.9 Å². The van der Waals surface area contributed by atoms with Crippen molar-refractivity contribution in [2.75, 3.05) is 0 Å². The molecular formula is C22H20FN3O3S. The highest BCUT2D eigenvalue weighted by Crippen LogP contribution is 2.31. The zero-order valence-electron chi connectivity index (χ0n) is 16.7. The Kier molecular flexibility index (Phi) is 5.59. The highest BCUT2D eigenvalue weighted by Gasteiger charge is 2.25. The third kappa shape index (κ3) is 3.95. The molecule has 154 valence electrons. The van der Waals surface area contributed by atoms with Gasteiger partial charge in [0.1, 0.15) is 0 Å². The first-order valence-electron chi connectivity index (χ1n) is 9.46. The first-order valence-corrected chi connectivity index (χ1v) is 10.3. The van der Waals surface area contributed by atoms with E-state index in [-0.39, 0.29) is 22.6 Å². The summed E-state index contributed by atoms with van der Waals surface area (Å²) in [6, 6.07) is 13.8. The molecule has 2 aromatic carbocycles. The van der Waals surface area contributed by atoms with Gasteiger partial charge in [0.25, 0.3) is 11.1 Å². The largest absolute Gasteiger partial charge is 0.478 e. The van der Waals surface area contributed by atoms with Gasteiger partial charge in [0, 0.05) is 22.2 Å². The second-order valence-corrected chi connectivity index (χ2v) is 8.18. The van der Waals surface area contributed by atoms with Crippen LogP contribution in [0.3, 0.4) is 0 Å². The van der Waals surface area contributed by atoms with Crippen molar-refractivity contribution in [1.29, 1.82) is 0 Å². The lowest BCUT2D eigenvalue weighted by molar-refractivity contribution is 0.0994. The van der Waals surface area contributed by atoms with Crippen LogP contribution in [-0.2, 0) is 0 Å². The summed E-state index contributed by atoms with van der Waals surface area (Å²) in [6.07, 6.45) is -0.634. The van der Waals surface area contributed by atoms with Crippen LogP contribution in [0, 0.1) is 12.7 Å². The smallest absolute Gasteiger partial charge is 0.277 e. The van der Waals surface area contributed by atoms with Crippen LogP contribution < -0.4 is 4.74 Å². The van der Waals surface area contributed by atoms with Gasteiger partial charge in [0.15, 0.2) is 23.5 Å². The summed E-state index contributed by atoms with van der Waals surface area (Å²) in [5.74, 6) is -0.170. The number of carbonyl (C=O) groups excluding carboxylic acids is 1. The van der Waals surface area contributed by atoms with Crippen LogP contribution in [0.5, 0.6) is 5.75 Å². The minimum absolute atomic E-state index is 0.0228. The molecule has 1 N–H and O–H groups in total. The highest BCUT2D eigenvalue weighted by molar-refractivity contribution is 8.00. The summed E-state index contributed by atoms with van der Waals surface area (Å²) < 4.78 is 25.0. The Morgan fingerprint density at radius 2 is 1.87 bits per heavy atom. The molecule has 4 rings (SSSR count). The summed E-state index contributed by atoms with van der Waals surface area (Å²) in [4.78, 5) is 16.3. The van der Waals surface area contributed by atoms with E-state index in [1.807, 2.05) is 31.2 Å². The van der Waals surface area contributed by atoms with Crippen LogP contribution in [0.2, 0.25) is 0 Å². The molecule has 0 unspecified atom stereocenters. The Morgan fingerprint density at radius 3 is 2.67 bits per heavy atom. The molecule has 0 radical (unpaired) electrons. The maximum Gasteiger partial charge on any atom is 0.277 e. The van der Waals surface area contributed by atoms with Crippen LogP contribution in [0.25, 0.3) is 10.9 Å². The van der Waals surface area contributed by atoms with Crippen molar-refractivity contribution >= 4 is 28.4 Å². The van der Waals surface area contributed by atoms with Crippen molar-refractivity contribution in [3.8, 4) is 5.75 Å². The molecule has 0 aliphatic rings. The van der Waals surface area contributed by atoms with Crippen molar-refractivity contribution in [2.24, 2.45) is 0 Å². The van der Waals surface area contributed by atoms with Crippen molar-refractivity contribution in [3.63, 3.8) is 0 Å². The predicted octanol–water partition coefficient (Wildman–Crippen LogP) is 5.50. The quantitative estimate of drug-likeness (QED) is 0.311. The number of hydrogen-bond donors (Lipinski definition) is 1. The van der Waals surface area contributed by atoms with E-state index in [1.54, 1.807) is 26.0 Å². The molecule has 0 saturated heterocycles. The number of nitrogens with one attached hydrogen (secondary N) is 1. The second kappa shape index (κ2) is 8.31. The third-order valence-corrected chi connectivity index (χ3v) is 5.63. The van der Waals surface area contributed by atoms with Gasteiger partial charge in [-0.15, -0.1) is 10.2 Å². The molecule has 0 fully saturated rings. The van der Waals surface area contributed by atoms with Gasteiger partial charge in [-0.3, -0.25) is 4.79 Å². The van der Waals surface area contributed by atoms with Gasteiger partial charge < -0.3 is 14.1 Å². The molecule has 2 atom stereocenters. The van der Waals surface area contributed by atoms with Gasteiger partial charge in [-0.1, -0.05) is 42.1 Å². The van der Waals surface area contributed by atoms with Gasteiger partial charge in [-0.05, 0) is 39.0 Å². The second-order valence-electron chi connectivity index (χ2n) is 6.89. The molecule has 30 heavy (non-hydrogen) atoms. The van der Waals surface area contributed by atoms with Gasteiger partial charge >= 0.3 is 0 Å². The van der Waals surface area contributed by atoms with Crippen molar-refractivity contribution in [1.82, 2.24) is 15.2 Å². The first kappa shape index (κ1) is 20.2. The molecule has 0 spiro atoms. The highest BCUT2D eigenvalue weighted by atomic mass is 32.2. The maximum absolute atomic E-state index is 13.8. The summed E-state index contributed by atoms with van der Waals surface area (Å²) in [7, 11) is 0. The zero-order valence-corrected chi connectivity index (χ0v) is 17.5. The van der Waals surface area contributed by atoms with E-state index in [1.165, 1.54) is 23.9 Å². The fraction of sp³-hybridized carbons (Fsp3) is 0.227. The number of aryl methyl sites for hydroxylation is 1. The van der Waals surface area contributed by atoms with Crippen LogP contribution in [-0.4, -0.2) is 26.2 Å². The van der Waals surface area contributed by atoms with Gasteiger partial charge in [-0.25, -0.2) is 4.39 Å². The van der Waals surface area contributed by atoms with E-state index in [9.17, 15) is 9.18 Å². The molecule has 2 aromatic heterocycles. The van der Waals surface area contributed by atoms with E-state index < -0.39 is 17.2 Å². The molecule has 8 heteroatoms. The third-order valence-electron chi connectivity index (χ3n) is 4.70. The fourth-order valence-electron chi connectivity index (χ4n) is 3.22. The van der Waals surface area contributed by atoms with Crippen molar-refractivity contribution in [3.05, 3.63) is 71.5 Å². The number of ether oxygens (including phenoxy) is 1. The average Bonchev–Trinajstić information content (AvgIpc) is 3.32. The number of H-pyrrole nitrogens is 1. The molecule has 0 bridgehead atoms. The molecule has 0 amide bonds. The van der Waals surface area contributed by atoms with E-state index in [2.05, 4.69) is 15.2 Å². The van der Waals surface area contributed by atoms with Gasteiger partial charge in [0.2, 0.25) is 0 Å². The fourth-order valence-corrected chi connectivity index (χ4v) is 3.96. The Balaban J connectivity index is 1.47. The van der Waals surface area contributed by atoms with Crippen molar-refractivity contribution in [2.45, 2.75) is 37.3 Å². The lowest BCUT2D eigenvalue weighted by Gasteiger charge is -2.11. The number of thioether (sulfide) groups is 1. The van der Waals surface area contributed by atoms with Crippen LogP contribution >= 0.6 is 11.8 Å². The number of aromatic amines is 1. The molecule has 2 heterocycles.